The van der Waals surface area contributed by atoms with Crippen molar-refractivity contribution in [2.75, 3.05) is 13.2 Å². The first-order valence-electron chi connectivity index (χ1n) is 5.73. The lowest BCUT2D eigenvalue weighted by atomic mass is 9.96. The second kappa shape index (κ2) is 4.95. The molecule has 1 fully saturated rings. The van der Waals surface area contributed by atoms with Crippen molar-refractivity contribution >= 4 is 16.0 Å². The van der Waals surface area contributed by atoms with Crippen molar-refractivity contribution in [2.24, 2.45) is 0 Å². The van der Waals surface area contributed by atoms with Gasteiger partial charge in [-0.1, -0.05) is 0 Å². The zero-order valence-electron chi connectivity index (χ0n) is 10.4. The Bertz CT molecular complexity index is 570. The predicted octanol–water partition coefficient (Wildman–Crippen LogP) is 0.500. The van der Waals surface area contributed by atoms with Gasteiger partial charge in [-0.15, -0.1) is 0 Å². The van der Waals surface area contributed by atoms with Gasteiger partial charge in [-0.05, 0) is 25.5 Å². The largest absolute Gasteiger partial charge is 0.481 e. The van der Waals surface area contributed by atoms with Crippen LogP contribution in [-0.4, -0.2) is 38.2 Å². The topological polar surface area (TPSA) is 106 Å². The number of carbonyl (C=O) groups is 1. The number of hydrogen-bond donors (Lipinski definition) is 2. The third-order valence-corrected chi connectivity index (χ3v) is 4.38. The summed E-state index contributed by atoms with van der Waals surface area (Å²) in [5, 5.41) is 8.68. The van der Waals surface area contributed by atoms with Crippen LogP contribution in [-0.2, 0) is 19.6 Å². The van der Waals surface area contributed by atoms with Gasteiger partial charge in [0.05, 0.1) is 18.6 Å². The first kappa shape index (κ1) is 14.0. The van der Waals surface area contributed by atoms with Crippen LogP contribution in [0.15, 0.2) is 21.6 Å². The molecule has 0 saturated carbocycles. The molecule has 1 saturated heterocycles. The van der Waals surface area contributed by atoms with Gasteiger partial charge in [0.1, 0.15) is 5.76 Å². The van der Waals surface area contributed by atoms with Crippen LogP contribution in [0, 0.1) is 6.92 Å². The normalized spacial score (nSPS) is 23.6. The maximum absolute atomic E-state index is 12.1. The molecule has 0 radical (unpaired) electrons. The number of carboxylic acid groups (broad SMARTS) is 1. The Morgan fingerprint density at radius 1 is 1.53 bits per heavy atom. The predicted molar refractivity (Wildman–Crippen MR) is 64.2 cm³/mol. The van der Waals surface area contributed by atoms with Crippen LogP contribution < -0.4 is 4.72 Å². The van der Waals surface area contributed by atoms with Crippen molar-refractivity contribution in [3.63, 3.8) is 0 Å². The van der Waals surface area contributed by atoms with Gasteiger partial charge in [-0.3, -0.25) is 4.79 Å². The van der Waals surface area contributed by atoms with E-state index in [2.05, 4.69) is 4.72 Å². The third-order valence-electron chi connectivity index (χ3n) is 2.92. The number of rotatable bonds is 5. The zero-order chi connectivity index (χ0) is 14.1. The molecule has 2 N–H and O–H groups in total. The first-order valence-corrected chi connectivity index (χ1v) is 7.21. The number of hydrogen-bond acceptors (Lipinski definition) is 5. The van der Waals surface area contributed by atoms with Crippen molar-refractivity contribution in [3.8, 4) is 0 Å². The monoisotopic (exact) mass is 289 g/mol. The Morgan fingerprint density at radius 3 is 2.74 bits per heavy atom. The molecule has 19 heavy (non-hydrogen) atoms. The first-order chi connectivity index (χ1) is 8.83. The average molecular weight is 289 g/mol. The van der Waals surface area contributed by atoms with Gasteiger partial charge in [0.25, 0.3) is 10.0 Å². The standard InChI is InChI=1S/C11H15NO6S/c1-8-2-3-10(18-8)19(15,16)12-11(6-9(13)14)4-5-17-7-11/h2-3,12H,4-7H2,1H3,(H,13,14). The van der Waals surface area contributed by atoms with Gasteiger partial charge in [0.15, 0.2) is 0 Å². The third kappa shape index (κ3) is 3.14. The van der Waals surface area contributed by atoms with Crippen molar-refractivity contribution in [1.82, 2.24) is 4.72 Å². The summed E-state index contributed by atoms with van der Waals surface area (Å²) in [5.41, 5.74) is -1.11. The van der Waals surface area contributed by atoms with Crippen molar-refractivity contribution in [2.45, 2.75) is 30.4 Å². The Balaban J connectivity index is 2.24. The highest BCUT2D eigenvalue weighted by atomic mass is 32.2. The van der Waals surface area contributed by atoms with E-state index in [1.54, 1.807) is 6.92 Å². The van der Waals surface area contributed by atoms with Crippen LogP contribution in [0.3, 0.4) is 0 Å². The van der Waals surface area contributed by atoms with Gasteiger partial charge in [0, 0.05) is 6.61 Å². The van der Waals surface area contributed by atoms with Crippen molar-refractivity contribution in [3.05, 3.63) is 17.9 Å². The zero-order valence-corrected chi connectivity index (χ0v) is 11.2. The van der Waals surface area contributed by atoms with Gasteiger partial charge in [0.2, 0.25) is 5.09 Å². The molecule has 2 heterocycles. The van der Waals surface area contributed by atoms with Gasteiger partial charge < -0.3 is 14.3 Å². The summed E-state index contributed by atoms with van der Waals surface area (Å²) >= 11 is 0. The number of nitrogens with one attached hydrogen (secondary N) is 1. The molecule has 1 aromatic heterocycles. The lowest BCUT2D eigenvalue weighted by Crippen LogP contribution is -2.50. The van der Waals surface area contributed by atoms with Crippen LogP contribution in [0.4, 0.5) is 0 Å². The summed E-state index contributed by atoms with van der Waals surface area (Å²) in [6.45, 7) is 2.00. The number of furan rings is 1. The smallest absolute Gasteiger partial charge is 0.305 e. The molecule has 0 aliphatic carbocycles. The molecule has 1 aromatic rings. The second-order valence-corrected chi connectivity index (χ2v) is 6.24. The molecule has 7 nitrogen and oxygen atoms in total. The summed E-state index contributed by atoms with van der Waals surface area (Å²) in [6.07, 6.45) is -0.00978. The van der Waals surface area contributed by atoms with Crippen molar-refractivity contribution in [1.29, 1.82) is 0 Å². The maximum atomic E-state index is 12.1. The SMILES string of the molecule is Cc1ccc(S(=O)(=O)NC2(CC(=O)O)CCOC2)o1. The number of carboxylic acids is 1. The molecule has 1 atom stereocenters. The van der Waals surface area contributed by atoms with E-state index in [9.17, 15) is 13.2 Å². The number of aryl methyl sites for hydroxylation is 1. The minimum Gasteiger partial charge on any atom is -0.481 e. The molecule has 1 aliphatic rings. The molecule has 8 heteroatoms. The minimum absolute atomic E-state index is 0.0399. The Labute approximate surface area is 110 Å². The fraction of sp³-hybridized carbons (Fsp3) is 0.545. The molecule has 0 bridgehead atoms. The maximum Gasteiger partial charge on any atom is 0.305 e. The lowest BCUT2D eigenvalue weighted by Gasteiger charge is -2.25. The highest BCUT2D eigenvalue weighted by Crippen LogP contribution is 2.26. The molecule has 1 unspecified atom stereocenters. The molecule has 0 amide bonds. The molecular formula is C11H15NO6S. The number of aliphatic carboxylic acids is 1. The van der Waals surface area contributed by atoms with Gasteiger partial charge >= 0.3 is 5.97 Å². The number of ether oxygens (including phenoxy) is 1. The summed E-state index contributed by atoms with van der Waals surface area (Å²) in [4.78, 5) is 10.9. The fourth-order valence-electron chi connectivity index (χ4n) is 2.04. The van der Waals surface area contributed by atoms with Crippen LogP contribution in [0.25, 0.3) is 0 Å². The highest BCUT2D eigenvalue weighted by molar-refractivity contribution is 7.89. The average Bonchev–Trinajstić information content (AvgIpc) is 2.86. The Kier molecular flexibility index (Phi) is 3.66. The molecule has 1 aliphatic heterocycles. The fourth-order valence-corrected chi connectivity index (χ4v) is 3.44. The van der Waals surface area contributed by atoms with Crippen LogP contribution >= 0.6 is 0 Å². The number of sulfonamides is 1. The van der Waals surface area contributed by atoms with E-state index in [0.29, 0.717) is 18.8 Å². The van der Waals surface area contributed by atoms with E-state index >= 15 is 0 Å². The van der Waals surface area contributed by atoms with Crippen LogP contribution in [0.5, 0.6) is 0 Å². The van der Waals surface area contributed by atoms with E-state index in [1.807, 2.05) is 0 Å². The summed E-state index contributed by atoms with van der Waals surface area (Å²) in [7, 11) is -3.89. The molecule has 0 spiro atoms. The van der Waals surface area contributed by atoms with Gasteiger partial charge in [-0.25, -0.2) is 8.42 Å². The van der Waals surface area contributed by atoms with Crippen molar-refractivity contribution < 1.29 is 27.5 Å². The summed E-state index contributed by atoms with van der Waals surface area (Å²) in [6, 6.07) is 2.87. The molecular weight excluding hydrogens is 274 g/mol. The molecule has 2 rings (SSSR count). The van der Waals surface area contributed by atoms with E-state index in [4.69, 9.17) is 14.3 Å². The second-order valence-electron chi connectivity index (χ2n) is 4.62. The van der Waals surface area contributed by atoms with E-state index in [1.165, 1.54) is 12.1 Å². The van der Waals surface area contributed by atoms with E-state index in [-0.39, 0.29) is 18.1 Å². The van der Waals surface area contributed by atoms with Crippen LogP contribution in [0.1, 0.15) is 18.6 Å². The quantitative estimate of drug-likeness (QED) is 0.817. The van der Waals surface area contributed by atoms with Gasteiger partial charge in [-0.2, -0.15) is 4.72 Å². The molecule has 106 valence electrons. The summed E-state index contributed by atoms with van der Waals surface area (Å²) < 4.78 is 36.9. The minimum atomic E-state index is -3.89. The molecule has 0 aromatic carbocycles. The van der Waals surface area contributed by atoms with E-state index in [0.717, 1.165) is 0 Å². The Morgan fingerprint density at radius 2 is 2.26 bits per heavy atom. The van der Waals surface area contributed by atoms with Crippen LogP contribution in [0.2, 0.25) is 0 Å². The Hall–Kier alpha value is -1.38. The van der Waals surface area contributed by atoms with E-state index < -0.39 is 21.5 Å². The lowest BCUT2D eigenvalue weighted by molar-refractivity contribution is -0.138. The summed E-state index contributed by atoms with van der Waals surface area (Å²) in [5.74, 6) is -0.612. The highest BCUT2D eigenvalue weighted by Gasteiger charge is 2.41.